The van der Waals surface area contributed by atoms with E-state index in [1.54, 1.807) is 45.0 Å². The van der Waals surface area contributed by atoms with Gasteiger partial charge in [0.25, 0.3) is 0 Å². The molecule has 1 atom stereocenters. The molecule has 0 aliphatic carbocycles. The number of benzene rings is 1. The molecule has 1 aromatic carbocycles. The number of hydrogen-bond donors (Lipinski definition) is 2. The van der Waals surface area contributed by atoms with Crippen LogP contribution in [0.1, 0.15) is 26.3 Å². The fourth-order valence-corrected chi connectivity index (χ4v) is 1.54. The van der Waals surface area contributed by atoms with E-state index in [4.69, 9.17) is 17.7 Å². The maximum atomic E-state index is 11.6. The average molecular weight is 275 g/mol. The van der Waals surface area contributed by atoms with Gasteiger partial charge in [-0.2, -0.15) is 0 Å². The molecule has 0 fully saturated rings. The van der Waals surface area contributed by atoms with Gasteiger partial charge in [-0.05, 0) is 26.3 Å². The van der Waals surface area contributed by atoms with Crippen molar-refractivity contribution in [3.8, 4) is 0 Å². The van der Waals surface area contributed by atoms with Gasteiger partial charge in [0.15, 0.2) is 0 Å². The van der Waals surface area contributed by atoms with Crippen molar-refractivity contribution >= 4 is 25.4 Å². The number of carboxylic acid groups (broad SMARTS) is 1. The summed E-state index contributed by atoms with van der Waals surface area (Å²) < 4.78 is 5.04. The quantitative estimate of drug-likeness (QED) is 0.804. The third kappa shape index (κ3) is 5.78. The Labute approximate surface area is 119 Å². The van der Waals surface area contributed by atoms with Crippen molar-refractivity contribution < 1.29 is 19.4 Å². The number of rotatable bonds is 4. The lowest BCUT2D eigenvalue weighted by atomic mass is 9.94. The van der Waals surface area contributed by atoms with Crippen LogP contribution in [0.25, 0.3) is 0 Å². The van der Waals surface area contributed by atoms with Crippen LogP contribution in [0, 0.1) is 0 Å². The first-order valence-corrected chi connectivity index (χ1v) is 6.24. The number of carbonyl (C=O) groups is 2. The summed E-state index contributed by atoms with van der Waals surface area (Å²) in [6.45, 7) is 5.13. The molecular weight excluding hydrogens is 257 g/mol. The van der Waals surface area contributed by atoms with Gasteiger partial charge in [0.2, 0.25) is 0 Å². The highest BCUT2D eigenvalue weighted by molar-refractivity contribution is 6.32. The number of amides is 1. The van der Waals surface area contributed by atoms with Gasteiger partial charge in [-0.15, -0.1) is 0 Å². The zero-order chi connectivity index (χ0) is 15.3. The number of aliphatic carboxylic acids is 1. The van der Waals surface area contributed by atoms with E-state index in [-0.39, 0.29) is 6.42 Å². The Morgan fingerprint density at radius 1 is 1.30 bits per heavy atom. The molecule has 5 nitrogen and oxygen atoms in total. The Hall–Kier alpha value is -1.98. The van der Waals surface area contributed by atoms with Crippen LogP contribution >= 0.6 is 0 Å². The van der Waals surface area contributed by atoms with Crippen molar-refractivity contribution in [2.45, 2.75) is 38.8 Å². The van der Waals surface area contributed by atoms with Crippen LogP contribution in [-0.2, 0) is 16.0 Å². The fraction of sp³-hybridized carbons (Fsp3) is 0.429. The molecule has 0 aliphatic heterocycles. The highest BCUT2D eigenvalue weighted by Gasteiger charge is 2.24. The van der Waals surface area contributed by atoms with Gasteiger partial charge >= 0.3 is 12.1 Å². The lowest BCUT2D eigenvalue weighted by molar-refractivity contribution is -0.139. The van der Waals surface area contributed by atoms with Gasteiger partial charge in [-0.1, -0.05) is 29.7 Å². The molecule has 1 rings (SSSR count). The van der Waals surface area contributed by atoms with Gasteiger partial charge in [-0.25, -0.2) is 9.59 Å². The van der Waals surface area contributed by atoms with Crippen LogP contribution in [-0.4, -0.2) is 36.7 Å². The predicted molar refractivity (Wildman–Crippen MR) is 76.3 cm³/mol. The molecular formula is C14H18BNO4. The number of carboxylic acids is 1. The third-order valence-electron chi connectivity index (χ3n) is 2.41. The molecule has 2 radical (unpaired) electrons. The molecule has 1 unspecified atom stereocenters. The maximum absolute atomic E-state index is 11.6. The number of alkyl carbamates (subject to hydrolysis) is 1. The molecule has 20 heavy (non-hydrogen) atoms. The lowest BCUT2D eigenvalue weighted by Gasteiger charge is -2.22. The molecule has 0 heterocycles. The van der Waals surface area contributed by atoms with Crippen LogP contribution in [0.2, 0.25) is 0 Å². The van der Waals surface area contributed by atoms with E-state index in [1.807, 2.05) is 0 Å². The molecule has 0 spiro atoms. The van der Waals surface area contributed by atoms with Crippen LogP contribution < -0.4 is 10.8 Å². The van der Waals surface area contributed by atoms with E-state index in [1.165, 1.54) is 0 Å². The summed E-state index contributed by atoms with van der Waals surface area (Å²) in [5.74, 6) is -1.12. The van der Waals surface area contributed by atoms with Crippen molar-refractivity contribution in [3.63, 3.8) is 0 Å². The highest BCUT2D eigenvalue weighted by atomic mass is 16.6. The van der Waals surface area contributed by atoms with E-state index >= 15 is 0 Å². The van der Waals surface area contributed by atoms with E-state index in [0.717, 1.165) is 5.56 Å². The maximum Gasteiger partial charge on any atom is 0.408 e. The number of ether oxygens (including phenoxy) is 1. The van der Waals surface area contributed by atoms with E-state index < -0.39 is 23.7 Å². The molecule has 0 saturated heterocycles. The summed E-state index contributed by atoms with van der Waals surface area (Å²) in [6, 6.07) is 5.77. The van der Waals surface area contributed by atoms with Crippen molar-refractivity contribution in [2.24, 2.45) is 0 Å². The molecule has 1 aromatic rings. The highest BCUT2D eigenvalue weighted by Crippen LogP contribution is 2.08. The molecule has 0 aliphatic rings. The van der Waals surface area contributed by atoms with E-state index in [2.05, 4.69) is 5.32 Å². The SMILES string of the molecule is [B]c1ccc(CC(NC(=O)OC(C)(C)C)C(=O)O)cc1. The molecule has 0 saturated carbocycles. The van der Waals surface area contributed by atoms with Gasteiger partial charge in [0.1, 0.15) is 19.5 Å². The second-order valence-corrected chi connectivity index (χ2v) is 5.48. The van der Waals surface area contributed by atoms with Crippen LogP contribution in [0.5, 0.6) is 0 Å². The zero-order valence-corrected chi connectivity index (χ0v) is 11.8. The Kier molecular flexibility index (Phi) is 5.19. The first kappa shape index (κ1) is 16.1. The minimum atomic E-state index is -1.12. The minimum Gasteiger partial charge on any atom is -0.480 e. The smallest absolute Gasteiger partial charge is 0.408 e. The molecule has 2 N–H and O–H groups in total. The Balaban J connectivity index is 2.68. The Morgan fingerprint density at radius 3 is 2.30 bits per heavy atom. The normalized spacial score (nSPS) is 12.6. The van der Waals surface area contributed by atoms with Crippen molar-refractivity contribution in [1.82, 2.24) is 5.32 Å². The molecule has 6 heteroatoms. The minimum absolute atomic E-state index is 0.162. The summed E-state index contributed by atoms with van der Waals surface area (Å²) in [6.07, 6.45) is -0.588. The first-order chi connectivity index (χ1) is 9.17. The Morgan fingerprint density at radius 2 is 1.85 bits per heavy atom. The van der Waals surface area contributed by atoms with Crippen molar-refractivity contribution in [2.75, 3.05) is 0 Å². The molecule has 0 bridgehead atoms. The van der Waals surface area contributed by atoms with Crippen LogP contribution in [0.4, 0.5) is 4.79 Å². The number of hydrogen-bond acceptors (Lipinski definition) is 3. The summed E-state index contributed by atoms with van der Waals surface area (Å²) in [4.78, 5) is 22.8. The van der Waals surface area contributed by atoms with Crippen LogP contribution in [0.15, 0.2) is 24.3 Å². The topological polar surface area (TPSA) is 75.6 Å². The largest absolute Gasteiger partial charge is 0.480 e. The van der Waals surface area contributed by atoms with Crippen molar-refractivity contribution in [1.29, 1.82) is 0 Å². The number of nitrogens with one attached hydrogen (secondary N) is 1. The van der Waals surface area contributed by atoms with Gasteiger partial charge < -0.3 is 15.2 Å². The lowest BCUT2D eigenvalue weighted by Crippen LogP contribution is -2.44. The van der Waals surface area contributed by atoms with Crippen LogP contribution in [0.3, 0.4) is 0 Å². The van der Waals surface area contributed by atoms with E-state index in [9.17, 15) is 9.59 Å². The zero-order valence-electron chi connectivity index (χ0n) is 11.8. The average Bonchev–Trinajstić information content (AvgIpc) is 2.28. The monoisotopic (exact) mass is 275 g/mol. The standard InChI is InChI=1S/C14H18BNO4/c1-14(2,3)20-13(19)16-11(12(17)18)8-9-4-6-10(15)7-5-9/h4-7,11H,8H2,1-3H3,(H,16,19)(H,17,18). The molecule has 1 amide bonds. The van der Waals surface area contributed by atoms with E-state index in [0.29, 0.717) is 5.46 Å². The second-order valence-electron chi connectivity index (χ2n) is 5.48. The Bertz CT molecular complexity index is 479. The summed E-state index contributed by atoms with van der Waals surface area (Å²) in [5.41, 5.74) is 0.692. The third-order valence-corrected chi connectivity index (χ3v) is 2.41. The number of carbonyl (C=O) groups excluding carboxylic acids is 1. The summed E-state index contributed by atoms with van der Waals surface area (Å²) in [7, 11) is 5.56. The summed E-state index contributed by atoms with van der Waals surface area (Å²) in [5, 5.41) is 11.5. The van der Waals surface area contributed by atoms with Crippen molar-refractivity contribution in [3.05, 3.63) is 29.8 Å². The molecule has 106 valence electrons. The van der Waals surface area contributed by atoms with Gasteiger partial charge in [0, 0.05) is 6.42 Å². The predicted octanol–water partition coefficient (Wildman–Crippen LogP) is 1.00. The summed E-state index contributed by atoms with van der Waals surface area (Å²) >= 11 is 0. The second kappa shape index (κ2) is 6.46. The first-order valence-electron chi connectivity index (χ1n) is 6.24. The van der Waals surface area contributed by atoms with Gasteiger partial charge in [0.05, 0.1) is 0 Å². The molecule has 0 aromatic heterocycles. The fourth-order valence-electron chi connectivity index (χ4n) is 1.54. The van der Waals surface area contributed by atoms with Gasteiger partial charge in [-0.3, -0.25) is 0 Å².